The Morgan fingerprint density at radius 3 is 3.24 bits per heavy atom. The number of rotatable bonds is 4. The molecule has 92 valence electrons. The Hall–Kier alpha value is -0.870. The van der Waals surface area contributed by atoms with Gasteiger partial charge in [0.25, 0.3) is 0 Å². The first kappa shape index (κ1) is 11.2. The molecule has 1 aliphatic carbocycles. The van der Waals surface area contributed by atoms with Gasteiger partial charge in [-0.25, -0.2) is 0 Å². The van der Waals surface area contributed by atoms with Crippen molar-refractivity contribution in [2.45, 2.75) is 31.3 Å². The van der Waals surface area contributed by atoms with Crippen LogP contribution in [0.1, 0.15) is 30.1 Å². The van der Waals surface area contributed by atoms with Gasteiger partial charge in [-0.3, -0.25) is 4.79 Å². The van der Waals surface area contributed by atoms with E-state index < -0.39 is 0 Å². The van der Waals surface area contributed by atoms with Crippen LogP contribution >= 0.6 is 11.3 Å². The van der Waals surface area contributed by atoms with Crippen molar-refractivity contribution in [1.29, 1.82) is 0 Å². The van der Waals surface area contributed by atoms with Crippen molar-refractivity contribution in [2.24, 2.45) is 5.92 Å². The van der Waals surface area contributed by atoms with Crippen LogP contribution in [0.5, 0.6) is 0 Å². The Balaban J connectivity index is 1.45. The molecular weight excluding hydrogens is 234 g/mol. The lowest BCUT2D eigenvalue weighted by Crippen LogP contribution is -2.33. The van der Waals surface area contributed by atoms with Gasteiger partial charge >= 0.3 is 0 Å². The molecule has 2 fully saturated rings. The van der Waals surface area contributed by atoms with Crippen molar-refractivity contribution in [1.82, 2.24) is 5.32 Å². The third-order valence-corrected chi connectivity index (χ3v) is 4.57. The van der Waals surface area contributed by atoms with Crippen LogP contribution in [-0.2, 0) is 9.53 Å². The third-order valence-electron chi connectivity index (χ3n) is 3.56. The van der Waals surface area contributed by atoms with Crippen LogP contribution in [-0.4, -0.2) is 25.2 Å². The summed E-state index contributed by atoms with van der Waals surface area (Å²) in [6.45, 7) is 1.54. The molecule has 17 heavy (non-hydrogen) atoms. The number of hydrogen-bond acceptors (Lipinski definition) is 3. The molecule has 0 bridgehead atoms. The minimum Gasteiger partial charge on any atom is -0.376 e. The van der Waals surface area contributed by atoms with Crippen molar-refractivity contribution >= 4 is 17.2 Å². The predicted molar refractivity (Wildman–Crippen MR) is 67.2 cm³/mol. The van der Waals surface area contributed by atoms with Gasteiger partial charge < -0.3 is 10.1 Å². The molecule has 4 heteroatoms. The fourth-order valence-corrected chi connectivity index (χ4v) is 3.36. The smallest absolute Gasteiger partial charge is 0.223 e. The first-order valence-corrected chi connectivity index (χ1v) is 7.15. The molecule has 1 saturated heterocycles. The Morgan fingerprint density at radius 1 is 1.59 bits per heavy atom. The van der Waals surface area contributed by atoms with Crippen LogP contribution in [0, 0.1) is 5.92 Å². The van der Waals surface area contributed by atoms with Gasteiger partial charge in [-0.05, 0) is 30.7 Å². The highest BCUT2D eigenvalue weighted by Crippen LogP contribution is 2.49. The maximum atomic E-state index is 11.9. The largest absolute Gasteiger partial charge is 0.376 e. The van der Waals surface area contributed by atoms with Gasteiger partial charge in [0, 0.05) is 29.9 Å². The van der Waals surface area contributed by atoms with Crippen LogP contribution in [0.3, 0.4) is 0 Å². The number of nitrogens with one attached hydrogen (secondary N) is 1. The Kier molecular flexibility index (Phi) is 3.16. The first-order chi connectivity index (χ1) is 8.34. The summed E-state index contributed by atoms with van der Waals surface area (Å²) in [5.41, 5.74) is 0. The summed E-state index contributed by atoms with van der Waals surface area (Å²) >= 11 is 1.75. The number of hydrogen-bond donors (Lipinski definition) is 1. The molecule has 3 unspecified atom stereocenters. The fraction of sp³-hybridized carbons (Fsp3) is 0.615. The average Bonchev–Trinajstić information content (AvgIpc) is 2.82. The SMILES string of the molecule is O=C(NCC1CCCO1)C1CC1c1cccs1. The standard InChI is InChI=1S/C13H17NO2S/c15-13(14-8-9-3-1-5-16-9)11-7-10(11)12-4-2-6-17-12/h2,4,6,9-11H,1,3,5,7-8H2,(H,14,15). The van der Waals surface area contributed by atoms with Crippen LogP contribution in [0.2, 0.25) is 0 Å². The number of thiophene rings is 1. The van der Waals surface area contributed by atoms with E-state index in [0.29, 0.717) is 12.5 Å². The van der Waals surface area contributed by atoms with E-state index in [1.165, 1.54) is 4.88 Å². The van der Waals surface area contributed by atoms with Gasteiger partial charge in [0.15, 0.2) is 0 Å². The van der Waals surface area contributed by atoms with Crippen LogP contribution < -0.4 is 5.32 Å². The summed E-state index contributed by atoms with van der Waals surface area (Å²) in [5, 5.41) is 5.10. The summed E-state index contributed by atoms with van der Waals surface area (Å²) in [5.74, 6) is 0.883. The van der Waals surface area contributed by atoms with Crippen molar-refractivity contribution < 1.29 is 9.53 Å². The molecule has 3 atom stereocenters. The molecule has 2 heterocycles. The highest BCUT2D eigenvalue weighted by atomic mass is 32.1. The minimum absolute atomic E-state index is 0.204. The lowest BCUT2D eigenvalue weighted by Gasteiger charge is -2.10. The van der Waals surface area contributed by atoms with Crippen molar-refractivity contribution in [3.05, 3.63) is 22.4 Å². The predicted octanol–water partition coefficient (Wildman–Crippen LogP) is 2.15. The average molecular weight is 251 g/mol. The topological polar surface area (TPSA) is 38.3 Å². The van der Waals surface area contributed by atoms with E-state index in [4.69, 9.17) is 4.74 Å². The summed E-state index contributed by atoms with van der Waals surface area (Å²) in [4.78, 5) is 13.3. The lowest BCUT2D eigenvalue weighted by atomic mass is 10.2. The molecule has 1 amide bonds. The van der Waals surface area contributed by atoms with Crippen molar-refractivity contribution in [3.8, 4) is 0 Å². The minimum atomic E-state index is 0.204. The second-order valence-electron chi connectivity index (χ2n) is 4.84. The van der Waals surface area contributed by atoms with E-state index in [1.807, 2.05) is 0 Å². The molecule has 0 spiro atoms. The zero-order chi connectivity index (χ0) is 11.7. The van der Waals surface area contributed by atoms with Gasteiger partial charge in [-0.2, -0.15) is 0 Å². The normalized spacial score (nSPS) is 31.4. The number of carbonyl (C=O) groups excluding carboxylic acids is 1. The Morgan fingerprint density at radius 2 is 2.53 bits per heavy atom. The zero-order valence-electron chi connectivity index (χ0n) is 9.72. The molecule has 1 saturated carbocycles. The molecule has 1 aromatic rings. The molecule has 1 aromatic heterocycles. The first-order valence-electron chi connectivity index (χ1n) is 6.27. The molecular formula is C13H17NO2S. The van der Waals surface area contributed by atoms with Crippen LogP contribution in [0.4, 0.5) is 0 Å². The molecule has 3 nitrogen and oxygen atoms in total. The van der Waals surface area contributed by atoms with Gasteiger partial charge in [0.1, 0.15) is 0 Å². The second kappa shape index (κ2) is 4.78. The van der Waals surface area contributed by atoms with Crippen molar-refractivity contribution in [2.75, 3.05) is 13.2 Å². The zero-order valence-corrected chi connectivity index (χ0v) is 10.5. The van der Waals surface area contributed by atoms with E-state index in [2.05, 4.69) is 22.8 Å². The fourth-order valence-electron chi connectivity index (χ4n) is 2.45. The van der Waals surface area contributed by atoms with Gasteiger partial charge in [0.05, 0.1) is 6.10 Å². The molecule has 3 rings (SSSR count). The third kappa shape index (κ3) is 2.53. The monoisotopic (exact) mass is 251 g/mol. The lowest BCUT2D eigenvalue weighted by molar-refractivity contribution is -0.122. The Labute approximate surface area is 105 Å². The maximum absolute atomic E-state index is 11.9. The highest BCUT2D eigenvalue weighted by Gasteiger charge is 2.44. The van der Waals surface area contributed by atoms with E-state index in [9.17, 15) is 4.79 Å². The van der Waals surface area contributed by atoms with E-state index in [0.717, 1.165) is 25.9 Å². The second-order valence-corrected chi connectivity index (χ2v) is 5.82. The highest BCUT2D eigenvalue weighted by molar-refractivity contribution is 7.10. The summed E-state index contributed by atoms with van der Waals surface area (Å²) in [7, 11) is 0. The summed E-state index contributed by atoms with van der Waals surface area (Å²) in [6, 6.07) is 4.18. The van der Waals surface area contributed by atoms with Crippen LogP contribution in [0.15, 0.2) is 17.5 Å². The maximum Gasteiger partial charge on any atom is 0.223 e. The van der Waals surface area contributed by atoms with Gasteiger partial charge in [-0.15, -0.1) is 11.3 Å². The molecule has 1 N–H and O–H groups in total. The van der Waals surface area contributed by atoms with E-state index in [-0.39, 0.29) is 17.9 Å². The quantitative estimate of drug-likeness (QED) is 0.890. The number of amides is 1. The number of carbonyl (C=O) groups is 1. The Bertz CT molecular complexity index is 384. The summed E-state index contributed by atoms with van der Waals surface area (Å²) < 4.78 is 5.49. The van der Waals surface area contributed by atoms with Gasteiger partial charge in [0.2, 0.25) is 5.91 Å². The molecule has 1 aliphatic heterocycles. The van der Waals surface area contributed by atoms with E-state index in [1.54, 1.807) is 11.3 Å². The molecule has 0 aromatic carbocycles. The van der Waals surface area contributed by atoms with Crippen LogP contribution in [0.25, 0.3) is 0 Å². The van der Waals surface area contributed by atoms with E-state index >= 15 is 0 Å². The summed E-state index contributed by atoms with van der Waals surface area (Å²) in [6.07, 6.45) is 3.47. The van der Waals surface area contributed by atoms with Crippen molar-refractivity contribution in [3.63, 3.8) is 0 Å². The number of ether oxygens (including phenoxy) is 1. The van der Waals surface area contributed by atoms with Gasteiger partial charge in [-0.1, -0.05) is 6.07 Å². The molecule has 0 radical (unpaired) electrons. The molecule has 2 aliphatic rings.